The molecule has 0 atom stereocenters. The Morgan fingerprint density at radius 1 is 1.45 bits per heavy atom. The van der Waals surface area contributed by atoms with Crippen molar-refractivity contribution in [3.8, 4) is 0 Å². The van der Waals surface area contributed by atoms with Gasteiger partial charge in [-0.25, -0.2) is 9.37 Å². The lowest BCUT2D eigenvalue weighted by atomic mass is 10.1. The number of rotatable bonds is 2. The second-order valence-electron chi connectivity index (χ2n) is 5.10. The fourth-order valence-electron chi connectivity index (χ4n) is 2.50. The number of fused-ring (bicyclic) bond motifs is 1. The van der Waals surface area contributed by atoms with Crippen LogP contribution in [-0.4, -0.2) is 16.1 Å². The van der Waals surface area contributed by atoms with Crippen molar-refractivity contribution >= 4 is 0 Å². The average Bonchev–Trinajstić information content (AvgIpc) is 2.46. The summed E-state index contributed by atoms with van der Waals surface area (Å²) in [5, 5.41) is 3.19. The first kappa shape index (κ1) is 13.0. The molecular weight excluding hydrogens is 257 g/mol. The van der Waals surface area contributed by atoms with Crippen molar-refractivity contribution in [1.29, 1.82) is 0 Å². The lowest BCUT2D eigenvalue weighted by molar-refractivity contribution is 0.593. The number of benzene rings is 1. The Labute approximate surface area is 116 Å². The molecule has 0 spiro atoms. The average molecular weight is 273 g/mol. The minimum Gasteiger partial charge on any atom is -0.311 e. The van der Waals surface area contributed by atoms with Crippen LogP contribution in [0.25, 0.3) is 0 Å². The minimum absolute atomic E-state index is 0.0137. The highest BCUT2D eigenvalue weighted by molar-refractivity contribution is 5.27. The SMILES string of the molecule is Cc1ccc(F)cc1Cn1cnc2c(c1=O)CCNC2. The smallest absolute Gasteiger partial charge is 0.257 e. The van der Waals surface area contributed by atoms with Gasteiger partial charge in [0.2, 0.25) is 0 Å². The molecule has 0 amide bonds. The maximum atomic E-state index is 13.3. The molecule has 5 heteroatoms. The molecule has 2 heterocycles. The van der Waals surface area contributed by atoms with E-state index in [1.807, 2.05) is 6.92 Å². The molecule has 0 bridgehead atoms. The number of halogens is 1. The van der Waals surface area contributed by atoms with Crippen LogP contribution in [0.15, 0.2) is 29.3 Å². The molecule has 0 saturated heterocycles. The summed E-state index contributed by atoms with van der Waals surface area (Å²) in [7, 11) is 0. The Morgan fingerprint density at radius 3 is 3.15 bits per heavy atom. The predicted molar refractivity (Wildman–Crippen MR) is 74.1 cm³/mol. The van der Waals surface area contributed by atoms with Crippen LogP contribution < -0.4 is 10.9 Å². The third-order valence-electron chi connectivity index (χ3n) is 3.72. The molecule has 0 aliphatic carbocycles. The Bertz CT molecular complexity index is 709. The normalized spacial score (nSPS) is 14.1. The van der Waals surface area contributed by atoms with Gasteiger partial charge in [0, 0.05) is 12.1 Å². The van der Waals surface area contributed by atoms with Crippen molar-refractivity contribution in [3.05, 3.63) is 63.1 Å². The van der Waals surface area contributed by atoms with Gasteiger partial charge in [0.25, 0.3) is 5.56 Å². The van der Waals surface area contributed by atoms with Crippen LogP contribution in [0.1, 0.15) is 22.4 Å². The molecule has 1 aromatic heterocycles. The fraction of sp³-hybridized carbons (Fsp3) is 0.333. The Kier molecular flexibility index (Phi) is 3.36. The van der Waals surface area contributed by atoms with Crippen molar-refractivity contribution in [2.45, 2.75) is 26.4 Å². The van der Waals surface area contributed by atoms with E-state index in [2.05, 4.69) is 10.3 Å². The molecule has 0 radical (unpaired) electrons. The van der Waals surface area contributed by atoms with Gasteiger partial charge >= 0.3 is 0 Å². The van der Waals surface area contributed by atoms with E-state index >= 15 is 0 Å². The van der Waals surface area contributed by atoms with E-state index in [-0.39, 0.29) is 11.4 Å². The summed E-state index contributed by atoms with van der Waals surface area (Å²) in [6.07, 6.45) is 2.25. The summed E-state index contributed by atoms with van der Waals surface area (Å²) >= 11 is 0. The van der Waals surface area contributed by atoms with E-state index in [1.165, 1.54) is 12.1 Å². The zero-order valence-electron chi connectivity index (χ0n) is 11.3. The van der Waals surface area contributed by atoms with Crippen LogP contribution in [-0.2, 0) is 19.5 Å². The molecule has 2 aromatic rings. The molecule has 0 saturated carbocycles. The van der Waals surface area contributed by atoms with Crippen LogP contribution in [0.4, 0.5) is 4.39 Å². The van der Waals surface area contributed by atoms with Crippen LogP contribution in [0.2, 0.25) is 0 Å². The van der Waals surface area contributed by atoms with E-state index in [0.29, 0.717) is 19.5 Å². The molecule has 1 aliphatic rings. The van der Waals surface area contributed by atoms with E-state index < -0.39 is 0 Å². The van der Waals surface area contributed by atoms with Gasteiger partial charge in [-0.1, -0.05) is 6.07 Å². The molecule has 1 N–H and O–H groups in total. The van der Waals surface area contributed by atoms with Crippen LogP contribution >= 0.6 is 0 Å². The van der Waals surface area contributed by atoms with Crippen LogP contribution in [0.3, 0.4) is 0 Å². The molecule has 0 fully saturated rings. The maximum absolute atomic E-state index is 13.3. The summed E-state index contributed by atoms with van der Waals surface area (Å²) in [5.74, 6) is -0.284. The van der Waals surface area contributed by atoms with Crippen molar-refractivity contribution in [2.24, 2.45) is 0 Å². The Morgan fingerprint density at radius 2 is 2.30 bits per heavy atom. The zero-order chi connectivity index (χ0) is 14.1. The summed E-state index contributed by atoms with van der Waals surface area (Å²) in [6.45, 7) is 3.71. The quantitative estimate of drug-likeness (QED) is 0.899. The molecule has 4 nitrogen and oxygen atoms in total. The lowest BCUT2D eigenvalue weighted by Gasteiger charge is -2.17. The van der Waals surface area contributed by atoms with Gasteiger partial charge in [-0.2, -0.15) is 0 Å². The van der Waals surface area contributed by atoms with Gasteiger partial charge in [0.15, 0.2) is 0 Å². The highest BCUT2D eigenvalue weighted by atomic mass is 19.1. The standard InChI is InChI=1S/C15H16FN3O/c1-10-2-3-12(16)6-11(10)8-19-9-18-14-7-17-5-4-13(14)15(19)20/h2-3,6,9,17H,4-5,7-8H2,1H3. The maximum Gasteiger partial charge on any atom is 0.257 e. The zero-order valence-corrected chi connectivity index (χ0v) is 11.3. The van der Waals surface area contributed by atoms with Crippen LogP contribution in [0.5, 0.6) is 0 Å². The van der Waals surface area contributed by atoms with Gasteiger partial charge in [0.05, 0.1) is 18.6 Å². The first-order valence-electron chi connectivity index (χ1n) is 6.68. The summed E-state index contributed by atoms with van der Waals surface area (Å²) in [4.78, 5) is 16.8. The number of hydrogen-bond acceptors (Lipinski definition) is 3. The predicted octanol–water partition coefficient (Wildman–Crippen LogP) is 1.38. The molecule has 0 unspecified atom stereocenters. The number of nitrogens with zero attached hydrogens (tertiary/aromatic N) is 2. The van der Waals surface area contributed by atoms with E-state index in [4.69, 9.17) is 0 Å². The molecular formula is C15H16FN3O. The highest BCUT2D eigenvalue weighted by Crippen LogP contribution is 2.12. The van der Waals surface area contributed by atoms with Crippen LogP contribution in [0, 0.1) is 12.7 Å². The second-order valence-corrected chi connectivity index (χ2v) is 5.10. The fourth-order valence-corrected chi connectivity index (χ4v) is 2.50. The Hall–Kier alpha value is -2.01. The van der Waals surface area contributed by atoms with Gasteiger partial charge in [-0.15, -0.1) is 0 Å². The lowest BCUT2D eigenvalue weighted by Crippen LogP contribution is -2.34. The van der Waals surface area contributed by atoms with E-state index in [0.717, 1.165) is 28.9 Å². The van der Waals surface area contributed by atoms with Crippen molar-refractivity contribution in [2.75, 3.05) is 6.54 Å². The third-order valence-corrected chi connectivity index (χ3v) is 3.72. The largest absolute Gasteiger partial charge is 0.311 e. The summed E-state index contributed by atoms with van der Waals surface area (Å²) in [5.41, 5.74) is 3.37. The van der Waals surface area contributed by atoms with Crippen molar-refractivity contribution in [3.63, 3.8) is 0 Å². The van der Waals surface area contributed by atoms with E-state index in [1.54, 1.807) is 17.0 Å². The second kappa shape index (κ2) is 5.17. The molecule has 1 aromatic carbocycles. The summed E-state index contributed by atoms with van der Waals surface area (Å²) < 4.78 is 14.9. The number of nitrogens with one attached hydrogen (secondary N) is 1. The highest BCUT2D eigenvalue weighted by Gasteiger charge is 2.15. The van der Waals surface area contributed by atoms with Gasteiger partial charge in [0.1, 0.15) is 5.82 Å². The topological polar surface area (TPSA) is 46.9 Å². The molecule has 3 rings (SSSR count). The molecule has 104 valence electrons. The van der Waals surface area contributed by atoms with Gasteiger partial charge in [-0.05, 0) is 43.1 Å². The third kappa shape index (κ3) is 2.36. The Balaban J connectivity index is 1.99. The van der Waals surface area contributed by atoms with Crippen molar-refractivity contribution in [1.82, 2.24) is 14.9 Å². The van der Waals surface area contributed by atoms with E-state index in [9.17, 15) is 9.18 Å². The summed E-state index contributed by atoms with van der Waals surface area (Å²) in [6, 6.07) is 4.63. The monoisotopic (exact) mass is 273 g/mol. The van der Waals surface area contributed by atoms with Gasteiger partial charge < -0.3 is 5.32 Å². The number of aryl methyl sites for hydroxylation is 1. The first-order chi connectivity index (χ1) is 9.65. The minimum atomic E-state index is -0.284. The number of aromatic nitrogens is 2. The first-order valence-corrected chi connectivity index (χ1v) is 6.68. The number of hydrogen-bond donors (Lipinski definition) is 1. The van der Waals surface area contributed by atoms with Gasteiger partial charge in [-0.3, -0.25) is 9.36 Å². The van der Waals surface area contributed by atoms with Crippen molar-refractivity contribution < 1.29 is 4.39 Å². The molecule has 1 aliphatic heterocycles. The molecule has 20 heavy (non-hydrogen) atoms.